The van der Waals surface area contributed by atoms with Crippen molar-refractivity contribution in [2.45, 2.75) is 33.1 Å². The molecule has 0 amide bonds. The van der Waals surface area contributed by atoms with Crippen molar-refractivity contribution in [2.24, 2.45) is 0 Å². The minimum Gasteiger partial charge on any atom is -0.376 e. The van der Waals surface area contributed by atoms with E-state index in [4.69, 9.17) is 0 Å². The Morgan fingerprint density at radius 1 is 0.562 bits per heavy atom. The average molecular weight is 613 g/mol. The van der Waals surface area contributed by atoms with Gasteiger partial charge < -0.3 is 9.38 Å². The van der Waals surface area contributed by atoms with E-state index in [1.165, 1.54) is 105 Å². The smallest absolute Gasteiger partial charge is 0.333 e. The molecule has 0 N–H and O–H groups in total. The molecule has 48 heavy (non-hydrogen) atoms. The quantitative estimate of drug-likeness (QED) is 0.168. The summed E-state index contributed by atoms with van der Waals surface area (Å²) in [6.07, 6.45) is 0. The second-order valence-corrected chi connectivity index (χ2v) is 14.6. The molecule has 0 spiro atoms. The summed E-state index contributed by atoms with van der Waals surface area (Å²) in [7, 11) is 0. The lowest BCUT2D eigenvalue weighted by Gasteiger charge is -2.43. The fourth-order valence-electron chi connectivity index (χ4n) is 9.63. The van der Waals surface area contributed by atoms with Crippen molar-refractivity contribution in [1.82, 2.24) is 4.57 Å². The highest BCUT2D eigenvalue weighted by molar-refractivity contribution is 6.94. The number of nitrogens with zero attached hydrogens (tertiary/aromatic N) is 2. The van der Waals surface area contributed by atoms with Crippen LogP contribution in [0, 0.1) is 13.8 Å². The molecule has 0 atom stereocenters. The van der Waals surface area contributed by atoms with Gasteiger partial charge in [0.1, 0.15) is 0 Å². The number of aromatic nitrogens is 1. The van der Waals surface area contributed by atoms with Crippen LogP contribution in [0.1, 0.15) is 36.1 Å². The Morgan fingerprint density at radius 2 is 1.25 bits per heavy atom. The molecule has 1 aliphatic carbocycles. The fraction of sp³-hybridized carbons (Fsp3) is 0.111. The molecule has 0 radical (unpaired) electrons. The van der Waals surface area contributed by atoms with Crippen molar-refractivity contribution in [1.29, 1.82) is 0 Å². The number of para-hydroxylation sites is 1. The maximum Gasteiger partial charge on any atom is 0.333 e. The summed E-state index contributed by atoms with van der Waals surface area (Å²) in [5, 5.41) is 5.34. The summed E-state index contributed by atoms with van der Waals surface area (Å²) in [4.78, 5) is 2.67. The third-order valence-corrected chi connectivity index (χ3v) is 11.7. The summed E-state index contributed by atoms with van der Waals surface area (Å²) in [6.45, 7) is 9.23. The van der Waals surface area contributed by atoms with E-state index in [9.17, 15) is 0 Å². The lowest BCUT2D eigenvalue weighted by molar-refractivity contribution is 0.660. The van der Waals surface area contributed by atoms with Gasteiger partial charge in [0.15, 0.2) is 0 Å². The summed E-state index contributed by atoms with van der Waals surface area (Å²) in [5.74, 6) is 0. The number of hydrogen-bond donors (Lipinski definition) is 0. The lowest BCUT2D eigenvalue weighted by atomic mass is 9.43. The second-order valence-electron chi connectivity index (χ2n) is 14.6. The van der Waals surface area contributed by atoms with Crippen LogP contribution < -0.4 is 15.7 Å². The van der Waals surface area contributed by atoms with Gasteiger partial charge in [0, 0.05) is 38.8 Å². The molecular weight excluding hydrogens is 579 g/mol. The van der Waals surface area contributed by atoms with Crippen molar-refractivity contribution in [3.05, 3.63) is 150 Å². The SMILES string of the molecule is Cc1ccc(N2B3c4cc(C)ccc4-n4c5ccccc5c5c6ccccc6c(c3c54)-c3c2ccc2c3-c3ccccc3C2(C)C)cc1. The highest BCUT2D eigenvalue weighted by Gasteiger charge is 2.47. The molecule has 2 nitrogen and oxygen atoms in total. The number of benzene rings is 7. The molecule has 11 rings (SSSR count). The molecule has 3 aliphatic rings. The standard InChI is InChI=1S/C45H33BN2/c1-26-17-20-28(21-18-26)48-38-24-22-34-40(31-13-7-9-15-33(31)45(34,3)4)42(38)41-30-12-6-5-11-29(30)39-32-14-8-10-16-36(32)47-37-23-19-27(2)25-35(37)46(48)43(41)44(39)47/h5-25H,1-4H3. The van der Waals surface area contributed by atoms with E-state index < -0.39 is 0 Å². The Kier molecular flexibility index (Phi) is 4.90. The Hall–Kier alpha value is -5.54. The number of hydrogen-bond acceptors (Lipinski definition) is 1. The fourth-order valence-corrected chi connectivity index (χ4v) is 9.63. The minimum absolute atomic E-state index is 0.0109. The molecule has 0 saturated heterocycles. The zero-order chi connectivity index (χ0) is 32.1. The van der Waals surface area contributed by atoms with Crippen LogP contribution in [0.15, 0.2) is 127 Å². The summed E-state index contributed by atoms with van der Waals surface area (Å²) in [6, 6.07) is 48.5. The number of rotatable bonds is 1. The summed E-state index contributed by atoms with van der Waals surface area (Å²) in [5.41, 5.74) is 20.0. The van der Waals surface area contributed by atoms with Crippen molar-refractivity contribution in [3.8, 4) is 27.9 Å². The molecular formula is C45H33BN2. The van der Waals surface area contributed by atoms with Gasteiger partial charge in [-0.15, -0.1) is 0 Å². The predicted octanol–water partition coefficient (Wildman–Crippen LogP) is 10.1. The summed E-state index contributed by atoms with van der Waals surface area (Å²) < 4.78 is 2.58. The van der Waals surface area contributed by atoms with Gasteiger partial charge in [0.05, 0.1) is 11.0 Å². The molecule has 0 bridgehead atoms. The third kappa shape index (κ3) is 3.06. The molecule has 8 aromatic rings. The van der Waals surface area contributed by atoms with Crippen LogP contribution >= 0.6 is 0 Å². The molecule has 7 aromatic carbocycles. The average Bonchev–Trinajstić information content (AvgIpc) is 3.58. The van der Waals surface area contributed by atoms with Crippen LogP contribution in [0.5, 0.6) is 0 Å². The summed E-state index contributed by atoms with van der Waals surface area (Å²) >= 11 is 0. The monoisotopic (exact) mass is 612 g/mol. The first-order chi connectivity index (χ1) is 23.4. The minimum atomic E-state index is -0.0950. The maximum absolute atomic E-state index is 2.67. The molecule has 3 heteroatoms. The van der Waals surface area contributed by atoms with Crippen molar-refractivity contribution in [3.63, 3.8) is 0 Å². The van der Waals surface area contributed by atoms with E-state index in [1.807, 2.05) is 0 Å². The highest BCUT2D eigenvalue weighted by Crippen LogP contribution is 2.58. The lowest BCUT2D eigenvalue weighted by Crippen LogP contribution is -2.60. The molecule has 2 aliphatic heterocycles. The first kappa shape index (κ1) is 26.5. The number of fused-ring (bicyclic) bond motifs is 15. The van der Waals surface area contributed by atoms with Gasteiger partial charge >= 0.3 is 6.85 Å². The van der Waals surface area contributed by atoms with Crippen molar-refractivity contribution < 1.29 is 0 Å². The number of anilines is 2. The van der Waals surface area contributed by atoms with Crippen LogP contribution in [0.4, 0.5) is 11.4 Å². The van der Waals surface area contributed by atoms with E-state index >= 15 is 0 Å². The Morgan fingerprint density at radius 3 is 2.08 bits per heavy atom. The predicted molar refractivity (Wildman–Crippen MR) is 204 cm³/mol. The Bertz CT molecular complexity index is 2730. The van der Waals surface area contributed by atoms with Crippen LogP contribution in [-0.2, 0) is 5.41 Å². The maximum atomic E-state index is 2.67. The Labute approximate surface area is 281 Å². The molecule has 0 unspecified atom stereocenters. The largest absolute Gasteiger partial charge is 0.376 e. The van der Waals surface area contributed by atoms with Crippen LogP contribution in [0.3, 0.4) is 0 Å². The van der Waals surface area contributed by atoms with Crippen LogP contribution in [0.2, 0.25) is 0 Å². The van der Waals surface area contributed by atoms with E-state index in [2.05, 4.69) is 164 Å². The number of aryl methyl sites for hydroxylation is 2. The second kappa shape index (κ2) is 8.88. The zero-order valence-electron chi connectivity index (χ0n) is 27.6. The van der Waals surface area contributed by atoms with E-state index in [0.29, 0.717) is 0 Å². The molecule has 1 aromatic heterocycles. The zero-order valence-corrected chi connectivity index (χ0v) is 27.6. The van der Waals surface area contributed by atoms with Gasteiger partial charge in [0.25, 0.3) is 0 Å². The molecule has 0 fully saturated rings. The first-order valence-corrected chi connectivity index (χ1v) is 17.2. The van der Waals surface area contributed by atoms with Crippen molar-refractivity contribution in [2.75, 3.05) is 4.81 Å². The van der Waals surface area contributed by atoms with Gasteiger partial charge in [-0.2, -0.15) is 0 Å². The van der Waals surface area contributed by atoms with Gasteiger partial charge in [-0.05, 0) is 93.7 Å². The van der Waals surface area contributed by atoms with E-state index in [0.717, 1.165) is 0 Å². The van der Waals surface area contributed by atoms with Crippen LogP contribution in [-0.4, -0.2) is 11.4 Å². The van der Waals surface area contributed by atoms with Crippen LogP contribution in [0.25, 0.3) is 60.5 Å². The third-order valence-electron chi connectivity index (χ3n) is 11.7. The van der Waals surface area contributed by atoms with Gasteiger partial charge in [-0.1, -0.05) is 122 Å². The van der Waals surface area contributed by atoms with E-state index in [1.54, 1.807) is 0 Å². The van der Waals surface area contributed by atoms with Crippen molar-refractivity contribution >= 4 is 61.7 Å². The van der Waals surface area contributed by atoms with Gasteiger partial charge in [-0.25, -0.2) is 0 Å². The molecule has 0 saturated carbocycles. The highest BCUT2D eigenvalue weighted by atomic mass is 15.1. The topological polar surface area (TPSA) is 8.17 Å². The molecule has 3 heterocycles. The van der Waals surface area contributed by atoms with Gasteiger partial charge in [0.2, 0.25) is 0 Å². The van der Waals surface area contributed by atoms with E-state index in [-0.39, 0.29) is 12.3 Å². The molecule has 226 valence electrons. The normalized spacial score (nSPS) is 14.8. The Balaban J connectivity index is 1.44. The first-order valence-electron chi connectivity index (χ1n) is 17.2. The van der Waals surface area contributed by atoms with Gasteiger partial charge in [-0.3, -0.25) is 0 Å².